The second-order valence-electron chi connectivity index (χ2n) is 10.2. The van der Waals surface area contributed by atoms with Gasteiger partial charge in [-0.2, -0.15) is 0 Å². The zero-order valence-electron chi connectivity index (χ0n) is 21.0. The molecule has 0 radical (unpaired) electrons. The molecular weight excluding hydrogens is 492 g/mol. The van der Waals surface area contributed by atoms with Crippen LogP contribution in [0, 0.1) is 0 Å². The van der Waals surface area contributed by atoms with Gasteiger partial charge in [-0.15, -0.1) is 11.3 Å². The zero-order valence-corrected chi connectivity index (χ0v) is 21.8. The predicted octanol–water partition coefficient (Wildman–Crippen LogP) is 10.2. The highest BCUT2D eigenvalue weighted by molar-refractivity contribution is 7.25. The number of hydrogen-bond donors (Lipinski definition) is 0. The minimum Gasteiger partial charge on any atom is -0.309 e. The molecule has 0 unspecified atom stereocenters. The first-order valence-electron chi connectivity index (χ1n) is 13.3. The van der Waals surface area contributed by atoms with E-state index in [1.165, 1.54) is 75.2 Å². The lowest BCUT2D eigenvalue weighted by Crippen LogP contribution is -1.97. The Morgan fingerprint density at radius 3 is 1.62 bits per heavy atom. The van der Waals surface area contributed by atoms with E-state index in [-0.39, 0.29) is 0 Å². The maximum Gasteiger partial charge on any atom is 0.0562 e. The fourth-order valence-electron chi connectivity index (χ4n) is 6.50. The van der Waals surface area contributed by atoms with Gasteiger partial charge in [0.05, 0.1) is 27.8 Å². The van der Waals surface area contributed by atoms with Crippen LogP contribution in [0.5, 0.6) is 0 Å². The Morgan fingerprint density at radius 1 is 0.385 bits per heavy atom. The average molecular weight is 515 g/mol. The Labute approximate surface area is 228 Å². The Balaban J connectivity index is 1.43. The molecular formula is C36H22N2S. The molecule has 39 heavy (non-hydrogen) atoms. The number of rotatable bonds is 2. The summed E-state index contributed by atoms with van der Waals surface area (Å²) in [6, 6.07) is 48.7. The molecule has 9 rings (SSSR count). The van der Waals surface area contributed by atoms with Crippen LogP contribution in [0.2, 0.25) is 0 Å². The van der Waals surface area contributed by atoms with Crippen LogP contribution in [0.25, 0.3) is 75.2 Å². The number of thiophene rings is 1. The van der Waals surface area contributed by atoms with Gasteiger partial charge in [-0.1, -0.05) is 84.9 Å². The van der Waals surface area contributed by atoms with E-state index in [0.717, 1.165) is 0 Å². The van der Waals surface area contributed by atoms with Gasteiger partial charge in [0.25, 0.3) is 0 Å². The molecule has 6 aromatic carbocycles. The van der Waals surface area contributed by atoms with Gasteiger partial charge in [-0.3, -0.25) is 0 Å². The summed E-state index contributed by atoms with van der Waals surface area (Å²) in [6.07, 6.45) is 0. The Hall–Kier alpha value is -4.86. The number of benzene rings is 6. The molecule has 0 saturated heterocycles. The second kappa shape index (κ2) is 7.83. The van der Waals surface area contributed by atoms with Gasteiger partial charge >= 0.3 is 0 Å². The molecule has 2 nitrogen and oxygen atoms in total. The number of aromatic nitrogens is 2. The molecule has 0 fully saturated rings. The molecule has 0 N–H and O–H groups in total. The third kappa shape index (κ3) is 2.85. The van der Waals surface area contributed by atoms with E-state index in [1.54, 1.807) is 0 Å². The molecule has 0 atom stereocenters. The third-order valence-corrected chi connectivity index (χ3v) is 9.25. The molecule has 3 heteroatoms. The van der Waals surface area contributed by atoms with Crippen molar-refractivity contribution in [2.75, 3.05) is 0 Å². The lowest BCUT2D eigenvalue weighted by molar-refractivity contribution is 1.16. The fraction of sp³-hybridized carbons (Fsp3) is 0. The van der Waals surface area contributed by atoms with Crippen molar-refractivity contribution in [2.24, 2.45) is 0 Å². The molecule has 0 aliphatic carbocycles. The van der Waals surface area contributed by atoms with Crippen molar-refractivity contribution in [3.05, 3.63) is 133 Å². The number of fused-ring (bicyclic) bond motifs is 9. The molecule has 0 aliphatic heterocycles. The third-order valence-electron chi connectivity index (χ3n) is 8.12. The minimum atomic E-state index is 1.17. The summed E-state index contributed by atoms with van der Waals surface area (Å²) >= 11 is 1.87. The SMILES string of the molecule is c1ccc2c(c1)sc1cccc(-n3c4ccccc4c4ccc(-n5c6ccccc6c6ccccc65)cc43)c12. The summed E-state index contributed by atoms with van der Waals surface area (Å²) in [5.41, 5.74) is 7.31. The number of para-hydroxylation sites is 3. The van der Waals surface area contributed by atoms with Gasteiger partial charge in [0.2, 0.25) is 0 Å². The van der Waals surface area contributed by atoms with E-state index in [2.05, 4.69) is 143 Å². The van der Waals surface area contributed by atoms with E-state index in [9.17, 15) is 0 Å². The molecule has 0 saturated carbocycles. The van der Waals surface area contributed by atoms with Crippen LogP contribution in [0.15, 0.2) is 133 Å². The van der Waals surface area contributed by atoms with E-state index >= 15 is 0 Å². The standard InChI is InChI=1S/C36H22N2S/c1-5-14-29-24(10-1)25-11-2-6-15-30(25)37(29)23-20-21-27-26-12-3-7-16-31(26)38(33(27)22-23)32-17-9-19-35-36(32)28-13-4-8-18-34(28)39-35/h1-22H. The molecule has 3 aromatic heterocycles. The van der Waals surface area contributed by atoms with Crippen LogP contribution in [-0.4, -0.2) is 9.13 Å². The van der Waals surface area contributed by atoms with Crippen LogP contribution in [-0.2, 0) is 0 Å². The molecule has 9 aromatic rings. The van der Waals surface area contributed by atoms with Crippen LogP contribution < -0.4 is 0 Å². The Morgan fingerprint density at radius 2 is 0.923 bits per heavy atom. The van der Waals surface area contributed by atoms with Crippen LogP contribution in [0.3, 0.4) is 0 Å². The molecule has 3 heterocycles. The quantitative estimate of drug-likeness (QED) is 0.217. The molecule has 182 valence electrons. The summed E-state index contributed by atoms with van der Waals surface area (Å²) in [6.45, 7) is 0. The average Bonchev–Trinajstić information content (AvgIpc) is 3.64. The Bertz CT molecular complexity index is 2350. The predicted molar refractivity (Wildman–Crippen MR) is 168 cm³/mol. The smallest absolute Gasteiger partial charge is 0.0562 e. The zero-order chi connectivity index (χ0) is 25.5. The maximum absolute atomic E-state index is 2.48. The van der Waals surface area contributed by atoms with Gasteiger partial charge in [0.1, 0.15) is 0 Å². The van der Waals surface area contributed by atoms with Crippen LogP contribution in [0.1, 0.15) is 0 Å². The first kappa shape index (κ1) is 21.1. The highest BCUT2D eigenvalue weighted by Gasteiger charge is 2.18. The van der Waals surface area contributed by atoms with E-state index in [4.69, 9.17) is 0 Å². The van der Waals surface area contributed by atoms with Gasteiger partial charge in [0.15, 0.2) is 0 Å². The molecule has 0 spiro atoms. The minimum absolute atomic E-state index is 1.17. The van der Waals surface area contributed by atoms with Gasteiger partial charge < -0.3 is 9.13 Å². The van der Waals surface area contributed by atoms with Crippen molar-refractivity contribution >= 4 is 75.1 Å². The summed E-state index contributed by atoms with van der Waals surface area (Å²) < 4.78 is 7.53. The van der Waals surface area contributed by atoms with Crippen LogP contribution in [0.4, 0.5) is 0 Å². The van der Waals surface area contributed by atoms with E-state index < -0.39 is 0 Å². The highest BCUT2D eigenvalue weighted by Crippen LogP contribution is 2.41. The van der Waals surface area contributed by atoms with Crippen molar-refractivity contribution in [1.82, 2.24) is 9.13 Å². The van der Waals surface area contributed by atoms with E-state index in [1.807, 2.05) is 11.3 Å². The van der Waals surface area contributed by atoms with Gasteiger partial charge in [-0.25, -0.2) is 0 Å². The Kier molecular flexibility index (Phi) is 4.24. The molecule has 0 aliphatic rings. The largest absolute Gasteiger partial charge is 0.309 e. The van der Waals surface area contributed by atoms with Gasteiger partial charge in [0, 0.05) is 47.4 Å². The summed E-state index contributed by atoms with van der Waals surface area (Å²) in [5.74, 6) is 0. The van der Waals surface area contributed by atoms with Crippen molar-refractivity contribution in [2.45, 2.75) is 0 Å². The maximum atomic E-state index is 2.48. The topological polar surface area (TPSA) is 9.86 Å². The summed E-state index contributed by atoms with van der Waals surface area (Å²) in [5, 5.41) is 7.75. The van der Waals surface area contributed by atoms with E-state index in [0.29, 0.717) is 0 Å². The molecule has 0 amide bonds. The fourth-order valence-corrected chi connectivity index (χ4v) is 7.63. The number of hydrogen-bond acceptors (Lipinski definition) is 1. The first-order valence-corrected chi connectivity index (χ1v) is 14.1. The van der Waals surface area contributed by atoms with Crippen molar-refractivity contribution < 1.29 is 0 Å². The molecule has 0 bridgehead atoms. The summed E-state index contributed by atoms with van der Waals surface area (Å²) in [7, 11) is 0. The monoisotopic (exact) mass is 514 g/mol. The lowest BCUT2D eigenvalue weighted by atomic mass is 10.1. The first-order chi connectivity index (χ1) is 19.4. The van der Waals surface area contributed by atoms with Crippen molar-refractivity contribution in [1.29, 1.82) is 0 Å². The lowest BCUT2D eigenvalue weighted by Gasteiger charge is -2.12. The normalized spacial score (nSPS) is 12.1. The summed E-state index contributed by atoms with van der Waals surface area (Å²) in [4.78, 5) is 0. The van der Waals surface area contributed by atoms with Gasteiger partial charge in [-0.05, 0) is 48.5 Å². The second-order valence-corrected chi connectivity index (χ2v) is 11.3. The van der Waals surface area contributed by atoms with Crippen LogP contribution >= 0.6 is 11.3 Å². The number of nitrogens with zero attached hydrogens (tertiary/aromatic N) is 2. The van der Waals surface area contributed by atoms with Crippen molar-refractivity contribution in [3.63, 3.8) is 0 Å². The highest BCUT2D eigenvalue weighted by atomic mass is 32.1. The van der Waals surface area contributed by atoms with Crippen molar-refractivity contribution in [3.8, 4) is 11.4 Å².